The SMILES string of the molecule is Nc1ccc(-c2nc(C3CC4CCC3O4)no2)cc1Cl. The lowest BCUT2D eigenvalue weighted by molar-refractivity contribution is 0.0996. The predicted octanol–water partition coefficient (Wildman–Crippen LogP) is 3.01. The molecule has 0 radical (unpaired) electrons. The van der Waals surface area contributed by atoms with Crippen LogP contribution in [0.3, 0.4) is 0 Å². The number of hydrogen-bond acceptors (Lipinski definition) is 5. The summed E-state index contributed by atoms with van der Waals surface area (Å²) in [7, 11) is 0. The van der Waals surface area contributed by atoms with Gasteiger partial charge in [0.2, 0.25) is 0 Å². The van der Waals surface area contributed by atoms with Gasteiger partial charge in [-0.3, -0.25) is 0 Å². The normalized spacial score (nSPS) is 28.1. The van der Waals surface area contributed by atoms with Crippen LogP contribution in [0.25, 0.3) is 11.5 Å². The quantitative estimate of drug-likeness (QED) is 0.861. The number of nitrogens with zero attached hydrogens (tertiary/aromatic N) is 2. The number of aromatic nitrogens is 2. The molecule has 104 valence electrons. The number of ether oxygens (including phenoxy) is 1. The van der Waals surface area contributed by atoms with Crippen molar-refractivity contribution < 1.29 is 9.26 Å². The van der Waals surface area contributed by atoms with Crippen LogP contribution in [0.4, 0.5) is 5.69 Å². The zero-order valence-corrected chi connectivity index (χ0v) is 11.5. The van der Waals surface area contributed by atoms with Gasteiger partial charge >= 0.3 is 0 Å². The molecule has 0 spiro atoms. The first kappa shape index (κ1) is 12.2. The minimum absolute atomic E-state index is 0.250. The molecule has 2 aliphatic rings. The lowest BCUT2D eigenvalue weighted by Gasteiger charge is -2.13. The lowest BCUT2D eigenvalue weighted by Crippen LogP contribution is -2.15. The average molecular weight is 292 g/mol. The molecular weight excluding hydrogens is 278 g/mol. The van der Waals surface area contributed by atoms with Gasteiger partial charge in [-0.05, 0) is 37.5 Å². The molecular formula is C14H14ClN3O2. The van der Waals surface area contributed by atoms with E-state index in [4.69, 9.17) is 26.6 Å². The van der Waals surface area contributed by atoms with Crippen LogP contribution in [-0.2, 0) is 4.74 Å². The molecule has 2 bridgehead atoms. The summed E-state index contributed by atoms with van der Waals surface area (Å²) in [4.78, 5) is 4.49. The Morgan fingerprint density at radius 1 is 1.30 bits per heavy atom. The standard InChI is InChI=1S/C14H14ClN3O2/c15-10-5-7(1-3-11(10)16)14-17-13(18-20-14)9-6-8-2-4-12(9)19-8/h1,3,5,8-9,12H,2,4,6,16H2. The van der Waals surface area contributed by atoms with Crippen LogP contribution < -0.4 is 5.73 Å². The molecule has 3 unspecified atom stereocenters. The van der Waals surface area contributed by atoms with Gasteiger partial charge in [0.25, 0.3) is 5.89 Å². The van der Waals surface area contributed by atoms with Crippen molar-refractivity contribution in [3.8, 4) is 11.5 Å². The van der Waals surface area contributed by atoms with Crippen molar-refractivity contribution in [3.63, 3.8) is 0 Å². The van der Waals surface area contributed by atoms with Crippen molar-refractivity contribution in [2.45, 2.75) is 37.4 Å². The maximum atomic E-state index is 6.01. The number of benzene rings is 1. The van der Waals surface area contributed by atoms with Gasteiger partial charge in [0.15, 0.2) is 5.82 Å². The smallest absolute Gasteiger partial charge is 0.257 e. The predicted molar refractivity (Wildman–Crippen MR) is 74.4 cm³/mol. The lowest BCUT2D eigenvalue weighted by atomic mass is 9.89. The Morgan fingerprint density at radius 3 is 2.90 bits per heavy atom. The van der Waals surface area contributed by atoms with Gasteiger partial charge in [-0.15, -0.1) is 0 Å². The number of anilines is 1. The molecule has 4 rings (SSSR count). The Morgan fingerprint density at radius 2 is 2.20 bits per heavy atom. The third-order valence-electron chi connectivity index (χ3n) is 4.13. The summed E-state index contributed by atoms with van der Waals surface area (Å²) < 4.78 is 11.2. The summed E-state index contributed by atoms with van der Waals surface area (Å²) in [6, 6.07) is 5.31. The van der Waals surface area contributed by atoms with E-state index in [0.717, 1.165) is 30.7 Å². The first-order valence-electron chi connectivity index (χ1n) is 6.75. The summed E-state index contributed by atoms with van der Waals surface area (Å²) in [6.45, 7) is 0. The summed E-state index contributed by atoms with van der Waals surface area (Å²) in [5.41, 5.74) is 7.02. The van der Waals surface area contributed by atoms with E-state index in [2.05, 4.69) is 10.1 Å². The molecule has 0 saturated carbocycles. The number of hydrogen-bond donors (Lipinski definition) is 1. The number of rotatable bonds is 2. The fourth-order valence-electron chi connectivity index (χ4n) is 3.07. The monoisotopic (exact) mass is 291 g/mol. The average Bonchev–Trinajstić information content (AvgIpc) is 3.16. The number of nitrogens with two attached hydrogens (primary N) is 1. The van der Waals surface area contributed by atoms with Crippen molar-refractivity contribution in [2.24, 2.45) is 0 Å². The van der Waals surface area contributed by atoms with E-state index >= 15 is 0 Å². The van der Waals surface area contributed by atoms with Crippen molar-refractivity contribution in [3.05, 3.63) is 29.0 Å². The van der Waals surface area contributed by atoms with Crippen LogP contribution in [0, 0.1) is 0 Å². The van der Waals surface area contributed by atoms with Crippen LogP contribution in [-0.4, -0.2) is 22.3 Å². The highest BCUT2D eigenvalue weighted by atomic mass is 35.5. The van der Waals surface area contributed by atoms with E-state index < -0.39 is 0 Å². The highest BCUT2D eigenvalue weighted by molar-refractivity contribution is 6.33. The van der Waals surface area contributed by atoms with Gasteiger partial charge in [-0.2, -0.15) is 4.98 Å². The van der Waals surface area contributed by atoms with Gasteiger partial charge < -0.3 is 15.0 Å². The van der Waals surface area contributed by atoms with Gasteiger partial charge in [0, 0.05) is 5.56 Å². The van der Waals surface area contributed by atoms with Crippen molar-refractivity contribution in [1.29, 1.82) is 0 Å². The molecule has 20 heavy (non-hydrogen) atoms. The molecule has 5 nitrogen and oxygen atoms in total. The van der Waals surface area contributed by atoms with E-state index in [0.29, 0.717) is 22.7 Å². The molecule has 2 aliphatic heterocycles. The summed E-state index contributed by atoms with van der Waals surface area (Å²) in [5.74, 6) is 1.47. The fraction of sp³-hybridized carbons (Fsp3) is 0.429. The maximum Gasteiger partial charge on any atom is 0.257 e. The number of halogens is 1. The van der Waals surface area contributed by atoms with Crippen molar-refractivity contribution in [1.82, 2.24) is 10.1 Å². The molecule has 0 amide bonds. The maximum absolute atomic E-state index is 6.01. The highest BCUT2D eigenvalue weighted by Crippen LogP contribution is 2.43. The number of nitrogen functional groups attached to an aromatic ring is 1. The molecule has 1 aromatic heterocycles. The Balaban J connectivity index is 1.63. The molecule has 2 N–H and O–H groups in total. The van der Waals surface area contributed by atoms with Crippen LogP contribution >= 0.6 is 11.6 Å². The van der Waals surface area contributed by atoms with E-state index in [1.807, 2.05) is 6.07 Å². The summed E-state index contributed by atoms with van der Waals surface area (Å²) >= 11 is 6.01. The van der Waals surface area contributed by atoms with Crippen molar-refractivity contribution in [2.75, 3.05) is 5.73 Å². The second-order valence-corrected chi connectivity index (χ2v) is 5.82. The summed E-state index contributed by atoms with van der Waals surface area (Å²) in [6.07, 6.45) is 3.86. The Labute approximate surface area is 121 Å². The van der Waals surface area contributed by atoms with E-state index in [1.165, 1.54) is 0 Å². The van der Waals surface area contributed by atoms with Crippen molar-refractivity contribution >= 4 is 17.3 Å². The van der Waals surface area contributed by atoms with E-state index in [-0.39, 0.29) is 12.0 Å². The minimum Gasteiger partial charge on any atom is -0.398 e. The zero-order chi connectivity index (χ0) is 13.7. The van der Waals surface area contributed by atoms with Gasteiger partial charge in [-0.25, -0.2) is 0 Å². The van der Waals surface area contributed by atoms with E-state index in [9.17, 15) is 0 Å². The fourth-order valence-corrected chi connectivity index (χ4v) is 3.25. The highest BCUT2D eigenvalue weighted by Gasteiger charge is 2.43. The molecule has 6 heteroatoms. The first-order valence-corrected chi connectivity index (χ1v) is 7.13. The van der Waals surface area contributed by atoms with Gasteiger partial charge in [0.05, 0.1) is 28.8 Å². The molecule has 1 aromatic carbocycles. The molecule has 2 saturated heterocycles. The Hall–Kier alpha value is -1.59. The third kappa shape index (κ3) is 1.89. The Kier molecular flexibility index (Phi) is 2.72. The first-order chi connectivity index (χ1) is 9.70. The number of fused-ring (bicyclic) bond motifs is 2. The van der Waals surface area contributed by atoms with Gasteiger partial charge in [0.1, 0.15) is 0 Å². The second kappa shape index (κ2) is 4.46. The third-order valence-corrected chi connectivity index (χ3v) is 4.45. The molecule has 3 heterocycles. The van der Waals surface area contributed by atoms with Crippen LogP contribution in [0.2, 0.25) is 5.02 Å². The molecule has 2 fully saturated rings. The zero-order valence-electron chi connectivity index (χ0n) is 10.8. The molecule has 3 atom stereocenters. The van der Waals surface area contributed by atoms with Crippen LogP contribution in [0.1, 0.15) is 31.0 Å². The minimum atomic E-state index is 0.250. The largest absolute Gasteiger partial charge is 0.398 e. The van der Waals surface area contributed by atoms with Crippen LogP contribution in [0.5, 0.6) is 0 Å². The topological polar surface area (TPSA) is 74.2 Å². The second-order valence-electron chi connectivity index (χ2n) is 5.41. The summed E-state index contributed by atoms with van der Waals surface area (Å²) in [5, 5.41) is 4.60. The molecule has 2 aromatic rings. The van der Waals surface area contributed by atoms with Crippen LogP contribution in [0.15, 0.2) is 22.7 Å². The molecule has 0 aliphatic carbocycles. The Bertz CT molecular complexity index is 658. The van der Waals surface area contributed by atoms with E-state index in [1.54, 1.807) is 12.1 Å². The van der Waals surface area contributed by atoms with Gasteiger partial charge in [-0.1, -0.05) is 16.8 Å².